The van der Waals surface area contributed by atoms with Crippen molar-refractivity contribution < 1.29 is 9.53 Å². The minimum Gasteiger partial charge on any atom is -0.497 e. The first-order chi connectivity index (χ1) is 10.7. The number of hydrogen-bond donors (Lipinski definition) is 0. The third-order valence-electron chi connectivity index (χ3n) is 3.65. The Bertz CT molecular complexity index is 796. The van der Waals surface area contributed by atoms with Gasteiger partial charge in [-0.25, -0.2) is 0 Å². The molecule has 0 fully saturated rings. The van der Waals surface area contributed by atoms with Gasteiger partial charge >= 0.3 is 0 Å². The van der Waals surface area contributed by atoms with Gasteiger partial charge in [0.05, 0.1) is 12.7 Å². The van der Waals surface area contributed by atoms with E-state index >= 15 is 0 Å². The number of fused-ring (bicyclic) bond motifs is 1. The summed E-state index contributed by atoms with van der Waals surface area (Å²) in [6.07, 6.45) is 0. The van der Waals surface area contributed by atoms with Crippen LogP contribution >= 0.6 is 11.3 Å². The minimum absolute atomic E-state index is 0.0519. The Morgan fingerprint density at radius 1 is 1.14 bits per heavy atom. The van der Waals surface area contributed by atoms with Crippen molar-refractivity contribution in [3.8, 4) is 5.75 Å². The Balaban J connectivity index is 1.80. The van der Waals surface area contributed by atoms with E-state index in [4.69, 9.17) is 4.74 Å². The molecule has 1 amide bonds. The highest BCUT2D eigenvalue weighted by Crippen LogP contribution is 2.22. The average molecular weight is 311 g/mol. The van der Waals surface area contributed by atoms with E-state index < -0.39 is 0 Å². The highest BCUT2D eigenvalue weighted by molar-refractivity contribution is 7.08. The number of nitrogens with zero attached hydrogens (tertiary/aromatic N) is 1. The van der Waals surface area contributed by atoms with Crippen LogP contribution in [0.4, 0.5) is 0 Å². The molecule has 0 radical (unpaired) electrons. The molecule has 2 aromatic carbocycles. The first-order valence-electron chi connectivity index (χ1n) is 7.02. The first-order valence-corrected chi connectivity index (χ1v) is 7.96. The molecule has 0 saturated heterocycles. The Morgan fingerprint density at radius 3 is 2.64 bits per heavy atom. The number of rotatable bonds is 4. The van der Waals surface area contributed by atoms with Gasteiger partial charge in [-0.3, -0.25) is 4.79 Å². The number of methoxy groups -OCH3 is 1. The van der Waals surface area contributed by atoms with Crippen molar-refractivity contribution in [3.05, 3.63) is 64.4 Å². The van der Waals surface area contributed by atoms with Gasteiger partial charge in [-0.05, 0) is 46.0 Å². The SMILES string of the molecule is COc1ccc2cc(CN(C)C(=O)c3ccsc3)ccc2c1. The molecule has 4 heteroatoms. The van der Waals surface area contributed by atoms with Gasteiger partial charge < -0.3 is 9.64 Å². The molecule has 22 heavy (non-hydrogen) atoms. The quantitative estimate of drug-likeness (QED) is 0.723. The van der Waals surface area contributed by atoms with Crippen molar-refractivity contribution >= 4 is 28.0 Å². The van der Waals surface area contributed by atoms with E-state index in [-0.39, 0.29) is 5.91 Å². The summed E-state index contributed by atoms with van der Waals surface area (Å²) < 4.78 is 5.24. The van der Waals surface area contributed by atoms with Crippen molar-refractivity contribution in [1.82, 2.24) is 4.90 Å². The molecule has 0 aliphatic carbocycles. The fourth-order valence-corrected chi connectivity index (χ4v) is 3.08. The Hall–Kier alpha value is -2.33. The molecule has 0 aliphatic heterocycles. The van der Waals surface area contributed by atoms with Gasteiger partial charge in [0.2, 0.25) is 0 Å². The normalized spacial score (nSPS) is 10.6. The number of thiophene rings is 1. The molecule has 0 bridgehead atoms. The molecule has 3 rings (SSSR count). The minimum atomic E-state index is 0.0519. The van der Waals surface area contributed by atoms with E-state index in [9.17, 15) is 4.79 Å². The fourth-order valence-electron chi connectivity index (χ4n) is 2.45. The number of hydrogen-bond acceptors (Lipinski definition) is 3. The van der Waals surface area contributed by atoms with Gasteiger partial charge in [-0.15, -0.1) is 0 Å². The van der Waals surface area contributed by atoms with Crippen LogP contribution < -0.4 is 4.74 Å². The third kappa shape index (κ3) is 2.97. The van der Waals surface area contributed by atoms with Crippen molar-refractivity contribution in [2.75, 3.05) is 14.2 Å². The maximum absolute atomic E-state index is 12.3. The van der Waals surface area contributed by atoms with Gasteiger partial charge in [0.25, 0.3) is 5.91 Å². The van der Waals surface area contributed by atoms with Crippen LogP contribution in [0.3, 0.4) is 0 Å². The lowest BCUT2D eigenvalue weighted by atomic mass is 10.1. The Labute approximate surface area is 133 Å². The Morgan fingerprint density at radius 2 is 1.91 bits per heavy atom. The second-order valence-electron chi connectivity index (χ2n) is 5.22. The van der Waals surface area contributed by atoms with Crippen LogP contribution in [-0.4, -0.2) is 25.0 Å². The van der Waals surface area contributed by atoms with E-state index in [0.29, 0.717) is 6.54 Å². The van der Waals surface area contributed by atoms with Gasteiger partial charge in [-0.1, -0.05) is 18.2 Å². The summed E-state index contributed by atoms with van der Waals surface area (Å²) in [5.74, 6) is 0.904. The van der Waals surface area contributed by atoms with E-state index in [1.165, 1.54) is 11.3 Å². The summed E-state index contributed by atoms with van der Waals surface area (Å²) in [5.41, 5.74) is 1.86. The topological polar surface area (TPSA) is 29.5 Å². The van der Waals surface area contributed by atoms with Crippen LogP contribution in [0.15, 0.2) is 53.2 Å². The molecule has 112 valence electrons. The second-order valence-corrected chi connectivity index (χ2v) is 6.00. The smallest absolute Gasteiger partial charge is 0.254 e. The summed E-state index contributed by atoms with van der Waals surface area (Å²) in [6.45, 7) is 0.594. The largest absolute Gasteiger partial charge is 0.497 e. The summed E-state index contributed by atoms with van der Waals surface area (Å²) >= 11 is 1.54. The van der Waals surface area contributed by atoms with Crippen molar-refractivity contribution in [3.63, 3.8) is 0 Å². The van der Waals surface area contributed by atoms with Crippen LogP contribution in [0.25, 0.3) is 10.8 Å². The van der Waals surface area contributed by atoms with Crippen LogP contribution in [0.2, 0.25) is 0 Å². The fraction of sp³-hybridized carbons (Fsp3) is 0.167. The number of carbonyl (C=O) groups excluding carboxylic acids is 1. The molecule has 3 nitrogen and oxygen atoms in total. The number of amides is 1. The predicted molar refractivity (Wildman–Crippen MR) is 90.6 cm³/mol. The molecule has 1 heterocycles. The molecular weight excluding hydrogens is 294 g/mol. The molecule has 0 saturated carbocycles. The Kier molecular flexibility index (Phi) is 4.11. The molecule has 0 unspecified atom stereocenters. The van der Waals surface area contributed by atoms with E-state index in [1.807, 2.05) is 42.1 Å². The molecule has 1 aromatic heterocycles. The molecule has 0 spiro atoms. The maximum Gasteiger partial charge on any atom is 0.254 e. The molecule has 0 atom stereocenters. The zero-order valence-electron chi connectivity index (χ0n) is 12.6. The zero-order chi connectivity index (χ0) is 15.5. The van der Waals surface area contributed by atoms with Gasteiger partial charge in [-0.2, -0.15) is 11.3 Å². The number of carbonyl (C=O) groups is 1. The summed E-state index contributed by atoms with van der Waals surface area (Å²) in [4.78, 5) is 14.0. The van der Waals surface area contributed by atoms with Crippen molar-refractivity contribution in [2.45, 2.75) is 6.54 Å². The van der Waals surface area contributed by atoms with E-state index in [1.54, 1.807) is 12.0 Å². The van der Waals surface area contributed by atoms with E-state index in [2.05, 4.69) is 18.2 Å². The molecular formula is C18H17NO2S. The third-order valence-corrected chi connectivity index (χ3v) is 4.33. The molecule has 0 aliphatic rings. The maximum atomic E-state index is 12.3. The summed E-state index contributed by atoms with van der Waals surface area (Å²) in [5, 5.41) is 6.08. The number of ether oxygens (including phenoxy) is 1. The highest BCUT2D eigenvalue weighted by Gasteiger charge is 2.12. The molecule has 3 aromatic rings. The average Bonchev–Trinajstić information content (AvgIpc) is 3.08. The molecule has 0 N–H and O–H groups in total. The zero-order valence-corrected chi connectivity index (χ0v) is 13.4. The van der Waals surface area contributed by atoms with Crippen LogP contribution in [0, 0.1) is 0 Å². The van der Waals surface area contributed by atoms with Gasteiger partial charge in [0.1, 0.15) is 5.75 Å². The monoisotopic (exact) mass is 311 g/mol. The number of benzene rings is 2. The van der Waals surface area contributed by atoms with E-state index in [0.717, 1.165) is 27.6 Å². The summed E-state index contributed by atoms with van der Waals surface area (Å²) in [6, 6.07) is 14.1. The lowest BCUT2D eigenvalue weighted by Gasteiger charge is -2.17. The second kappa shape index (κ2) is 6.20. The van der Waals surface area contributed by atoms with Crippen LogP contribution in [-0.2, 0) is 6.54 Å². The van der Waals surface area contributed by atoms with Crippen molar-refractivity contribution in [2.24, 2.45) is 0 Å². The lowest BCUT2D eigenvalue weighted by Crippen LogP contribution is -2.25. The van der Waals surface area contributed by atoms with Gasteiger partial charge in [0, 0.05) is 19.0 Å². The highest BCUT2D eigenvalue weighted by atomic mass is 32.1. The lowest BCUT2D eigenvalue weighted by molar-refractivity contribution is 0.0785. The predicted octanol–water partition coefficient (Wildman–Crippen LogP) is 4.18. The first kappa shape index (κ1) is 14.6. The van der Waals surface area contributed by atoms with Crippen LogP contribution in [0.5, 0.6) is 5.75 Å². The van der Waals surface area contributed by atoms with Crippen LogP contribution in [0.1, 0.15) is 15.9 Å². The van der Waals surface area contributed by atoms with Crippen molar-refractivity contribution in [1.29, 1.82) is 0 Å². The van der Waals surface area contributed by atoms with Gasteiger partial charge in [0.15, 0.2) is 0 Å². The summed E-state index contributed by atoms with van der Waals surface area (Å²) in [7, 11) is 3.50. The standard InChI is InChI=1S/C18H17NO2S/c1-19(18(20)16-7-8-22-12-16)11-13-3-4-15-10-17(21-2)6-5-14(15)9-13/h3-10,12H,11H2,1-2H3.